The Balaban J connectivity index is 2.19. The number of allylic oxidation sites excluding steroid dienone is 2. The second kappa shape index (κ2) is 5.11. The highest BCUT2D eigenvalue weighted by Gasteiger charge is 2.37. The number of nitrogens with two attached hydrogens (primary N) is 1. The lowest BCUT2D eigenvalue weighted by molar-refractivity contribution is 0.180. The largest absolute Gasteiger partial charge is 0.497 e. The number of hydrogen-bond donors (Lipinski definition) is 2. The van der Waals surface area contributed by atoms with Crippen molar-refractivity contribution in [1.29, 1.82) is 0 Å². The van der Waals surface area contributed by atoms with Crippen LogP contribution in [0.4, 0.5) is 0 Å². The van der Waals surface area contributed by atoms with Gasteiger partial charge in [-0.1, -0.05) is 25.5 Å². The minimum absolute atomic E-state index is 0.0749. The van der Waals surface area contributed by atoms with Gasteiger partial charge in [0.25, 0.3) is 0 Å². The molecule has 0 bridgehead atoms. The van der Waals surface area contributed by atoms with E-state index >= 15 is 0 Å². The van der Waals surface area contributed by atoms with E-state index in [-0.39, 0.29) is 11.8 Å². The Labute approximate surface area is 107 Å². The number of fused-ring (bicyclic) bond motifs is 1. The van der Waals surface area contributed by atoms with Gasteiger partial charge in [-0.3, -0.25) is 0 Å². The molecule has 2 unspecified atom stereocenters. The monoisotopic (exact) mass is 271 g/mol. The van der Waals surface area contributed by atoms with E-state index in [0.717, 1.165) is 12.8 Å². The van der Waals surface area contributed by atoms with E-state index in [2.05, 4.69) is 16.0 Å². The number of nitrogens with one attached hydrogen (secondary N) is 1. The lowest BCUT2D eigenvalue weighted by Crippen LogP contribution is -2.50. The molecule has 3 N–H and O–H groups in total. The highest BCUT2D eigenvalue weighted by molar-refractivity contribution is 7.88. The van der Waals surface area contributed by atoms with Crippen molar-refractivity contribution in [2.45, 2.75) is 25.8 Å². The Morgan fingerprint density at radius 1 is 1.56 bits per heavy atom. The van der Waals surface area contributed by atoms with E-state index < -0.39 is 16.3 Å². The topological polar surface area (TPSA) is 93.8 Å². The van der Waals surface area contributed by atoms with Crippen LogP contribution in [0.5, 0.6) is 0 Å². The Hall–Kier alpha value is -1.34. The van der Waals surface area contributed by atoms with Crippen molar-refractivity contribution in [3.05, 3.63) is 24.0 Å². The second-order valence-electron chi connectivity index (χ2n) is 4.27. The van der Waals surface area contributed by atoms with Crippen LogP contribution < -0.4 is 10.5 Å². The van der Waals surface area contributed by atoms with Crippen molar-refractivity contribution < 1.29 is 13.2 Å². The molecule has 0 amide bonds. The van der Waals surface area contributed by atoms with Crippen LogP contribution in [0.25, 0.3) is 0 Å². The summed E-state index contributed by atoms with van der Waals surface area (Å²) in [7, 11) is -3.67. The highest BCUT2D eigenvalue weighted by atomic mass is 32.2. The molecule has 1 aliphatic heterocycles. The molecule has 0 aromatic carbocycles. The van der Waals surface area contributed by atoms with Crippen molar-refractivity contribution in [3.8, 4) is 0 Å². The van der Waals surface area contributed by atoms with Gasteiger partial charge in [0.05, 0.1) is 18.6 Å². The highest BCUT2D eigenvalue weighted by Crippen LogP contribution is 2.26. The maximum atomic E-state index is 11.4. The predicted octanol–water partition coefficient (Wildman–Crippen LogP) is 0.447. The number of hydrogen-bond acceptors (Lipinski definition) is 4. The molecule has 100 valence electrons. The number of nitrogens with zero attached hydrogens (tertiary/aromatic N) is 1. The molecule has 0 saturated heterocycles. The van der Waals surface area contributed by atoms with Gasteiger partial charge in [0.15, 0.2) is 0 Å². The fraction of sp³-hybridized carbons (Fsp3) is 0.545. The molecule has 2 atom stereocenters. The summed E-state index contributed by atoms with van der Waals surface area (Å²) < 4.78 is 34.4. The Morgan fingerprint density at radius 3 is 3.06 bits per heavy atom. The molecule has 0 saturated carbocycles. The van der Waals surface area contributed by atoms with E-state index in [1.165, 1.54) is 0 Å². The Kier molecular flexibility index (Phi) is 3.72. The van der Waals surface area contributed by atoms with Crippen LogP contribution in [0.2, 0.25) is 0 Å². The summed E-state index contributed by atoms with van der Waals surface area (Å²) in [5, 5.41) is 0. The average molecular weight is 271 g/mol. The van der Waals surface area contributed by atoms with Gasteiger partial charge in [-0.15, -0.1) is 4.40 Å². The standard InChI is InChI=1S/C11H17N3O3S/c1-2-3-7-17-9-6-4-5-8-10(9)11(12)14-18(15,16)13-8/h4-6,8,10,13H,2-3,7H2,1H3,(H2,12,14). The van der Waals surface area contributed by atoms with E-state index in [1.807, 2.05) is 0 Å². The van der Waals surface area contributed by atoms with Crippen molar-refractivity contribution >= 4 is 16.0 Å². The lowest BCUT2D eigenvalue weighted by Gasteiger charge is -2.31. The fourth-order valence-corrected chi connectivity index (χ4v) is 2.97. The third-order valence-corrected chi connectivity index (χ3v) is 3.86. The molecule has 2 aliphatic rings. The van der Waals surface area contributed by atoms with Crippen LogP contribution in [-0.2, 0) is 14.9 Å². The first-order valence-electron chi connectivity index (χ1n) is 5.92. The molecule has 0 aromatic heterocycles. The summed E-state index contributed by atoms with van der Waals surface area (Å²) in [5.74, 6) is 0.404. The lowest BCUT2D eigenvalue weighted by atomic mass is 9.92. The van der Waals surface area contributed by atoms with Crippen molar-refractivity contribution in [2.75, 3.05) is 6.61 Å². The van der Waals surface area contributed by atoms with Gasteiger partial charge in [-0.25, -0.2) is 0 Å². The fourth-order valence-electron chi connectivity index (χ4n) is 1.97. The zero-order valence-electron chi connectivity index (χ0n) is 10.2. The number of ether oxygens (including phenoxy) is 1. The van der Waals surface area contributed by atoms with Crippen LogP contribution >= 0.6 is 0 Å². The van der Waals surface area contributed by atoms with Crippen molar-refractivity contribution in [1.82, 2.24) is 4.72 Å². The molecule has 2 rings (SSSR count). The van der Waals surface area contributed by atoms with Gasteiger partial charge >= 0.3 is 10.2 Å². The summed E-state index contributed by atoms with van der Waals surface area (Å²) in [4.78, 5) is 0. The van der Waals surface area contributed by atoms with Crippen LogP contribution in [0.1, 0.15) is 19.8 Å². The molecule has 0 radical (unpaired) electrons. The minimum Gasteiger partial charge on any atom is -0.497 e. The number of rotatable bonds is 4. The third-order valence-electron chi connectivity index (χ3n) is 2.84. The molecular weight excluding hydrogens is 254 g/mol. The zero-order chi connectivity index (χ0) is 13.2. The van der Waals surface area contributed by atoms with E-state index in [4.69, 9.17) is 10.5 Å². The minimum atomic E-state index is -3.67. The van der Waals surface area contributed by atoms with Gasteiger partial charge in [0, 0.05) is 0 Å². The summed E-state index contributed by atoms with van der Waals surface area (Å²) in [5.41, 5.74) is 5.74. The van der Waals surface area contributed by atoms with E-state index in [1.54, 1.807) is 18.2 Å². The maximum absolute atomic E-state index is 11.4. The first-order chi connectivity index (χ1) is 8.53. The smallest absolute Gasteiger partial charge is 0.322 e. The first kappa shape index (κ1) is 13.1. The molecule has 0 aromatic rings. The molecule has 18 heavy (non-hydrogen) atoms. The van der Waals surface area contributed by atoms with Crippen molar-refractivity contribution in [2.24, 2.45) is 16.0 Å². The van der Waals surface area contributed by atoms with Crippen molar-refractivity contribution in [3.63, 3.8) is 0 Å². The van der Waals surface area contributed by atoms with E-state index in [9.17, 15) is 8.42 Å². The summed E-state index contributed by atoms with van der Waals surface area (Å²) in [6.07, 6.45) is 7.30. The number of amidine groups is 1. The Morgan fingerprint density at radius 2 is 2.33 bits per heavy atom. The second-order valence-corrected chi connectivity index (χ2v) is 5.64. The average Bonchev–Trinajstić information content (AvgIpc) is 2.27. The molecule has 1 aliphatic carbocycles. The summed E-state index contributed by atoms with van der Waals surface area (Å²) in [6.45, 7) is 2.67. The third kappa shape index (κ3) is 2.73. The van der Waals surface area contributed by atoms with Gasteiger partial charge in [-0.2, -0.15) is 13.1 Å². The molecule has 1 heterocycles. The van der Waals surface area contributed by atoms with Crippen LogP contribution in [-0.4, -0.2) is 26.9 Å². The molecule has 7 heteroatoms. The van der Waals surface area contributed by atoms with E-state index in [0.29, 0.717) is 12.4 Å². The van der Waals surface area contributed by atoms with Crippen LogP contribution in [0.3, 0.4) is 0 Å². The van der Waals surface area contributed by atoms with Gasteiger partial charge < -0.3 is 10.5 Å². The van der Waals surface area contributed by atoms with Gasteiger partial charge in [-0.05, 0) is 12.5 Å². The predicted molar refractivity (Wildman–Crippen MR) is 69.0 cm³/mol. The zero-order valence-corrected chi connectivity index (χ0v) is 11.0. The van der Waals surface area contributed by atoms with Gasteiger partial charge in [0.2, 0.25) is 0 Å². The SMILES string of the molecule is CCCCOC1=CC=CC2NS(=O)(=O)N=C(N)C12. The summed E-state index contributed by atoms with van der Waals surface area (Å²) in [6, 6.07) is -0.408. The number of unbranched alkanes of at least 4 members (excludes halogenated alkanes) is 1. The summed E-state index contributed by atoms with van der Waals surface area (Å²) >= 11 is 0. The maximum Gasteiger partial charge on any atom is 0.322 e. The van der Waals surface area contributed by atoms with Crippen LogP contribution in [0, 0.1) is 5.92 Å². The molecule has 0 fully saturated rings. The first-order valence-corrected chi connectivity index (χ1v) is 7.36. The normalized spacial score (nSPS) is 29.2. The van der Waals surface area contributed by atoms with Gasteiger partial charge in [0.1, 0.15) is 11.6 Å². The van der Waals surface area contributed by atoms with Crippen LogP contribution in [0.15, 0.2) is 28.4 Å². The molecular formula is C11H17N3O3S. The molecule has 0 spiro atoms. The molecule has 6 nitrogen and oxygen atoms in total. The quantitative estimate of drug-likeness (QED) is 0.726. The Bertz CT molecular complexity index is 508.